The van der Waals surface area contributed by atoms with Crippen LogP contribution in [0.4, 0.5) is 5.82 Å². The first-order valence-electron chi connectivity index (χ1n) is 20.9. The second kappa shape index (κ2) is 22.0. The van der Waals surface area contributed by atoms with Crippen molar-refractivity contribution in [2.75, 3.05) is 77.1 Å². The van der Waals surface area contributed by atoms with Crippen LogP contribution < -0.4 is 15.8 Å². The monoisotopic (exact) mass is 784 g/mol. The van der Waals surface area contributed by atoms with Crippen LogP contribution in [0.15, 0.2) is 71.7 Å². The number of aliphatic hydroxyl groups is 1. The van der Waals surface area contributed by atoms with E-state index in [1.165, 1.54) is 28.8 Å². The van der Waals surface area contributed by atoms with Crippen LogP contribution >= 0.6 is 0 Å². The highest BCUT2D eigenvalue weighted by molar-refractivity contribution is 5.87. The van der Waals surface area contributed by atoms with Gasteiger partial charge in [-0.25, -0.2) is 4.98 Å². The van der Waals surface area contributed by atoms with Crippen molar-refractivity contribution in [1.82, 2.24) is 25.1 Å². The number of carbonyl (C=O) groups excluding carboxylic acids is 1. The Labute approximate surface area is 338 Å². The van der Waals surface area contributed by atoms with Gasteiger partial charge in [-0.2, -0.15) is 0 Å². The number of hydrogen-bond acceptors (Lipinski definition) is 10. The quantitative estimate of drug-likeness (QED) is 0.0924. The molecule has 0 radical (unpaired) electrons. The van der Waals surface area contributed by atoms with Crippen LogP contribution in [0, 0.1) is 6.92 Å². The van der Waals surface area contributed by atoms with Crippen molar-refractivity contribution in [1.29, 1.82) is 0 Å². The molecule has 1 amide bonds. The largest absolute Gasteiger partial charge is 0.506 e. The van der Waals surface area contributed by atoms with Gasteiger partial charge in [0.15, 0.2) is 0 Å². The molecule has 2 aromatic heterocycles. The van der Waals surface area contributed by atoms with Crippen LogP contribution in [0.25, 0.3) is 10.9 Å². The molecule has 2 fully saturated rings. The Morgan fingerprint density at radius 3 is 2.65 bits per heavy atom. The standard InChI is InChI=1S/C43H58N6O6.C2H6/c1-3-4-19-48(22-18-44-29-38(51)35-8-10-37(50)42-36(35)9-11-40(52)46-42)41(53)14-25-54-24-13-33-6-5-7-34(28-33)30-47-20-15-43(16-21-47)31-49(23-26-55-43)39-27-32(2)12-17-45-39;1-2/h5-12,17,27-28,38,44,50-51H,3-4,13-16,18-26,29-31H2,1-2H3,(H,46,52);1-2H3. The van der Waals surface area contributed by atoms with E-state index >= 15 is 0 Å². The fourth-order valence-electron chi connectivity index (χ4n) is 7.73. The molecule has 310 valence electrons. The zero-order valence-corrected chi connectivity index (χ0v) is 34.5. The first kappa shape index (κ1) is 43.8. The molecule has 0 saturated carbocycles. The van der Waals surface area contributed by atoms with E-state index in [0.717, 1.165) is 77.3 Å². The number of hydrogen-bond donors (Lipinski definition) is 4. The Balaban J connectivity index is 0.00000305. The van der Waals surface area contributed by atoms with Crippen LogP contribution in [0.2, 0.25) is 0 Å². The number of nitrogens with one attached hydrogen (secondary N) is 2. The number of aromatic hydroxyl groups is 1. The lowest BCUT2D eigenvalue weighted by Gasteiger charge is -2.47. The van der Waals surface area contributed by atoms with Crippen LogP contribution in [-0.2, 0) is 27.2 Å². The number of aryl methyl sites for hydroxylation is 1. The summed E-state index contributed by atoms with van der Waals surface area (Å²) < 4.78 is 12.4. The topological polar surface area (TPSA) is 143 Å². The molecule has 6 rings (SSSR count). The highest BCUT2D eigenvalue weighted by atomic mass is 16.5. The summed E-state index contributed by atoms with van der Waals surface area (Å²) in [5, 5.41) is 24.9. The molecule has 2 aliphatic rings. The maximum Gasteiger partial charge on any atom is 0.248 e. The normalized spacial score (nSPS) is 16.0. The number of ether oxygens (including phenoxy) is 2. The second-order valence-electron chi connectivity index (χ2n) is 15.1. The van der Waals surface area contributed by atoms with E-state index in [1.54, 1.807) is 12.1 Å². The SMILES string of the molecule is CC.CCCCN(CCNCC(O)c1ccc(O)c2[nH]c(=O)ccc12)C(=O)CCOCCc1cccc(CN2CCC3(CC2)CN(c2cc(C)ccn2)CCO3)c1. The van der Waals surface area contributed by atoms with E-state index in [4.69, 9.17) is 9.47 Å². The Bertz CT molecular complexity index is 1910. The molecule has 1 unspecified atom stereocenters. The van der Waals surface area contributed by atoms with Gasteiger partial charge in [-0.1, -0.05) is 57.5 Å². The molecule has 4 heterocycles. The zero-order valence-electron chi connectivity index (χ0n) is 34.5. The summed E-state index contributed by atoms with van der Waals surface area (Å²) in [6.07, 6.45) is 6.09. The molecular formula is C45H64N6O6. The number of aromatic nitrogens is 2. The number of amides is 1. The zero-order chi connectivity index (χ0) is 40.6. The third kappa shape index (κ3) is 12.6. The van der Waals surface area contributed by atoms with E-state index in [-0.39, 0.29) is 29.4 Å². The number of nitrogens with zero attached hydrogens (tertiary/aromatic N) is 4. The van der Waals surface area contributed by atoms with Gasteiger partial charge in [0.1, 0.15) is 11.6 Å². The third-order valence-electron chi connectivity index (χ3n) is 10.9. The number of morpholine rings is 1. The number of anilines is 1. The predicted octanol–water partition coefficient (Wildman–Crippen LogP) is 5.74. The summed E-state index contributed by atoms with van der Waals surface area (Å²) in [5.74, 6) is 1.07. The van der Waals surface area contributed by atoms with Gasteiger partial charge in [-0.3, -0.25) is 14.5 Å². The van der Waals surface area contributed by atoms with E-state index < -0.39 is 6.10 Å². The number of pyridine rings is 2. The minimum atomic E-state index is -0.855. The maximum atomic E-state index is 13.2. The number of aromatic amines is 1. The van der Waals surface area contributed by atoms with Crippen molar-refractivity contribution in [3.63, 3.8) is 0 Å². The first-order chi connectivity index (χ1) is 27.7. The molecular weight excluding hydrogens is 721 g/mol. The molecule has 1 spiro atoms. The van der Waals surface area contributed by atoms with Crippen molar-refractivity contribution in [2.45, 2.75) is 84.5 Å². The Kier molecular flexibility index (Phi) is 16.9. The number of phenols is 1. The van der Waals surface area contributed by atoms with Gasteiger partial charge in [-0.15, -0.1) is 0 Å². The van der Waals surface area contributed by atoms with Crippen LogP contribution in [-0.4, -0.2) is 114 Å². The van der Waals surface area contributed by atoms with Gasteiger partial charge in [-0.05, 0) is 79.1 Å². The molecule has 4 N–H and O–H groups in total. The van der Waals surface area contributed by atoms with Gasteiger partial charge >= 0.3 is 0 Å². The van der Waals surface area contributed by atoms with Crippen molar-refractivity contribution in [3.05, 3.63) is 99.5 Å². The number of fused-ring (bicyclic) bond motifs is 1. The lowest BCUT2D eigenvalue weighted by molar-refractivity contribution is -0.132. The minimum absolute atomic E-state index is 0.0443. The molecule has 2 aromatic carbocycles. The van der Waals surface area contributed by atoms with Crippen molar-refractivity contribution < 1.29 is 24.5 Å². The highest BCUT2D eigenvalue weighted by Gasteiger charge is 2.40. The molecule has 2 aliphatic heterocycles. The summed E-state index contributed by atoms with van der Waals surface area (Å²) in [6.45, 7) is 16.6. The number of carbonyl (C=O) groups is 1. The summed E-state index contributed by atoms with van der Waals surface area (Å²) in [7, 11) is 0. The molecule has 0 aliphatic carbocycles. The minimum Gasteiger partial charge on any atom is -0.506 e. The van der Waals surface area contributed by atoms with E-state index in [1.807, 2.05) is 31.0 Å². The smallest absolute Gasteiger partial charge is 0.248 e. The second-order valence-corrected chi connectivity index (χ2v) is 15.1. The Hall–Kier alpha value is -4.33. The number of H-pyrrole nitrogens is 1. The number of unbranched alkanes of at least 4 members (excludes halogenated alkanes) is 1. The summed E-state index contributed by atoms with van der Waals surface area (Å²) >= 11 is 0. The molecule has 2 saturated heterocycles. The van der Waals surface area contributed by atoms with Gasteiger partial charge in [0.25, 0.3) is 0 Å². The number of phenolic OH excluding ortho intramolecular Hbond substituents is 1. The average Bonchev–Trinajstić information content (AvgIpc) is 3.22. The van der Waals surface area contributed by atoms with E-state index in [9.17, 15) is 19.8 Å². The first-order valence-corrected chi connectivity index (χ1v) is 20.9. The number of aliphatic hydroxyl groups excluding tert-OH is 1. The lowest BCUT2D eigenvalue weighted by atomic mass is 9.89. The molecule has 1 atom stereocenters. The number of piperidine rings is 1. The molecule has 12 nitrogen and oxygen atoms in total. The van der Waals surface area contributed by atoms with Gasteiger partial charge in [0, 0.05) is 76.6 Å². The number of likely N-dealkylation sites (tertiary alicyclic amines) is 1. The van der Waals surface area contributed by atoms with E-state index in [2.05, 4.69) is 69.3 Å². The predicted molar refractivity (Wildman–Crippen MR) is 227 cm³/mol. The van der Waals surface area contributed by atoms with Crippen LogP contribution in [0.1, 0.15) is 81.2 Å². The summed E-state index contributed by atoms with van der Waals surface area (Å²) in [5.41, 5.74) is 4.25. The average molecular weight is 785 g/mol. The van der Waals surface area contributed by atoms with Crippen molar-refractivity contribution in [3.8, 4) is 5.75 Å². The molecule has 57 heavy (non-hydrogen) atoms. The summed E-state index contributed by atoms with van der Waals surface area (Å²) in [4.78, 5) is 38.9. The van der Waals surface area contributed by atoms with Crippen LogP contribution in [0.3, 0.4) is 0 Å². The fraction of sp³-hybridized carbons (Fsp3) is 0.533. The van der Waals surface area contributed by atoms with Crippen molar-refractivity contribution in [2.24, 2.45) is 0 Å². The maximum absolute atomic E-state index is 13.2. The van der Waals surface area contributed by atoms with Crippen LogP contribution in [0.5, 0.6) is 5.75 Å². The third-order valence-corrected chi connectivity index (χ3v) is 10.9. The van der Waals surface area contributed by atoms with Gasteiger partial charge in [0.05, 0.1) is 43.5 Å². The number of benzene rings is 2. The lowest BCUT2D eigenvalue weighted by Crippen LogP contribution is -2.57. The van der Waals surface area contributed by atoms with Crippen molar-refractivity contribution >= 4 is 22.6 Å². The Morgan fingerprint density at radius 1 is 1.05 bits per heavy atom. The highest BCUT2D eigenvalue weighted by Crippen LogP contribution is 2.33. The fourth-order valence-corrected chi connectivity index (χ4v) is 7.73. The molecule has 12 heteroatoms. The van der Waals surface area contributed by atoms with Gasteiger partial charge in [0.2, 0.25) is 11.5 Å². The summed E-state index contributed by atoms with van der Waals surface area (Å²) in [6, 6.07) is 19.1. The molecule has 4 aromatic rings. The Morgan fingerprint density at radius 2 is 1.86 bits per heavy atom. The van der Waals surface area contributed by atoms with E-state index in [0.29, 0.717) is 55.7 Å². The number of rotatable bonds is 18. The molecule has 0 bridgehead atoms. The van der Waals surface area contributed by atoms with Gasteiger partial charge < -0.3 is 39.8 Å².